The van der Waals surface area contributed by atoms with Crippen LogP contribution in [0.25, 0.3) is 0 Å². The smallest absolute Gasteiger partial charge is 0.270 e. The predicted octanol–water partition coefficient (Wildman–Crippen LogP) is 3.78. The minimum absolute atomic E-state index is 0.178. The second kappa shape index (κ2) is 6.12. The van der Waals surface area contributed by atoms with E-state index < -0.39 is 0 Å². The van der Waals surface area contributed by atoms with E-state index in [0.29, 0.717) is 11.8 Å². The molecule has 0 spiro atoms. The summed E-state index contributed by atoms with van der Waals surface area (Å²) in [6.45, 7) is 9.27. The third-order valence-corrected chi connectivity index (χ3v) is 4.14. The number of likely N-dealkylation sites (tertiary alicyclic amines) is 1. The molecule has 1 aromatic rings. The highest BCUT2D eigenvalue weighted by Gasteiger charge is 2.27. The average Bonchev–Trinajstić information content (AvgIpc) is 2.68. The van der Waals surface area contributed by atoms with Crippen molar-refractivity contribution >= 4 is 21.8 Å². The van der Waals surface area contributed by atoms with Crippen molar-refractivity contribution in [3.05, 3.63) is 22.4 Å². The van der Waals surface area contributed by atoms with E-state index in [1.807, 2.05) is 17.2 Å². The van der Waals surface area contributed by atoms with Gasteiger partial charge in [0.25, 0.3) is 5.91 Å². The fourth-order valence-electron chi connectivity index (χ4n) is 3.07. The summed E-state index contributed by atoms with van der Waals surface area (Å²) in [5, 5.41) is 0. The summed E-state index contributed by atoms with van der Waals surface area (Å²) in [7, 11) is 0. The molecule has 0 aromatic carbocycles. The van der Waals surface area contributed by atoms with Gasteiger partial charge in [0.2, 0.25) is 0 Å². The second-order valence-electron chi connectivity index (χ2n) is 5.89. The second-order valence-corrected chi connectivity index (χ2v) is 6.81. The van der Waals surface area contributed by atoms with Crippen molar-refractivity contribution in [2.75, 3.05) is 13.1 Å². The number of aryl methyl sites for hydroxylation is 1. The minimum Gasteiger partial charge on any atom is -0.342 e. The van der Waals surface area contributed by atoms with E-state index in [-0.39, 0.29) is 5.91 Å². The molecule has 106 valence electrons. The Kier molecular flexibility index (Phi) is 4.71. The highest BCUT2D eigenvalue weighted by atomic mass is 79.9. The molecule has 4 heteroatoms. The molecular weight excluding hydrogens is 304 g/mol. The number of hydrogen-bond acceptors (Lipinski definition) is 1. The Morgan fingerprint density at radius 2 is 2.00 bits per heavy atom. The first-order valence-electron chi connectivity index (χ1n) is 7.16. The van der Waals surface area contributed by atoms with Gasteiger partial charge < -0.3 is 9.47 Å². The number of carbonyl (C=O) groups is 1. The van der Waals surface area contributed by atoms with Gasteiger partial charge in [-0.15, -0.1) is 0 Å². The number of halogens is 1. The lowest BCUT2D eigenvalue weighted by molar-refractivity contribution is 0.0612. The van der Waals surface area contributed by atoms with E-state index in [2.05, 4.69) is 41.3 Å². The van der Waals surface area contributed by atoms with Gasteiger partial charge in [0.15, 0.2) is 0 Å². The van der Waals surface area contributed by atoms with E-state index in [1.165, 1.54) is 6.42 Å². The van der Waals surface area contributed by atoms with E-state index in [9.17, 15) is 4.79 Å². The normalized spacial score (nSPS) is 23.7. The van der Waals surface area contributed by atoms with Crippen molar-refractivity contribution in [3.63, 3.8) is 0 Å². The monoisotopic (exact) mass is 326 g/mol. The maximum absolute atomic E-state index is 12.7. The lowest BCUT2D eigenvalue weighted by Crippen LogP contribution is -2.43. The number of hydrogen-bond donors (Lipinski definition) is 0. The molecule has 1 amide bonds. The van der Waals surface area contributed by atoms with Crippen LogP contribution in [0.3, 0.4) is 0 Å². The molecule has 1 aliphatic rings. The zero-order valence-corrected chi connectivity index (χ0v) is 13.6. The lowest BCUT2D eigenvalue weighted by Gasteiger charge is -2.35. The molecule has 2 rings (SSSR count). The van der Waals surface area contributed by atoms with E-state index in [0.717, 1.165) is 36.2 Å². The summed E-state index contributed by atoms with van der Waals surface area (Å²) >= 11 is 3.48. The molecule has 0 saturated carbocycles. The standard InChI is InChI=1S/C15H23BrN2O/c1-4-5-17-10-13(16)7-14(17)15(19)18-8-11(2)6-12(3)9-18/h7,10-12H,4-6,8-9H2,1-3H3. The van der Waals surface area contributed by atoms with Gasteiger partial charge in [-0.1, -0.05) is 20.8 Å². The van der Waals surface area contributed by atoms with Gasteiger partial charge in [0.05, 0.1) is 0 Å². The maximum atomic E-state index is 12.7. The molecule has 1 fully saturated rings. The van der Waals surface area contributed by atoms with E-state index >= 15 is 0 Å². The number of amides is 1. The fourth-order valence-corrected chi connectivity index (χ4v) is 3.53. The Hall–Kier alpha value is -0.770. The Balaban J connectivity index is 2.18. The van der Waals surface area contributed by atoms with Gasteiger partial charge in [0.1, 0.15) is 5.69 Å². The zero-order valence-electron chi connectivity index (χ0n) is 12.0. The summed E-state index contributed by atoms with van der Waals surface area (Å²) in [4.78, 5) is 14.7. The summed E-state index contributed by atoms with van der Waals surface area (Å²) in [5.74, 6) is 1.38. The molecule has 0 N–H and O–H groups in total. The molecule has 1 saturated heterocycles. The molecule has 1 aromatic heterocycles. The Morgan fingerprint density at radius 3 is 2.58 bits per heavy atom. The molecule has 2 heterocycles. The number of nitrogens with zero attached hydrogens (tertiary/aromatic N) is 2. The highest BCUT2D eigenvalue weighted by molar-refractivity contribution is 9.10. The van der Waals surface area contributed by atoms with Gasteiger partial charge in [-0.25, -0.2) is 0 Å². The Morgan fingerprint density at radius 1 is 1.37 bits per heavy atom. The van der Waals surface area contributed by atoms with Crippen LogP contribution in [0.2, 0.25) is 0 Å². The van der Waals surface area contributed by atoms with Gasteiger partial charge in [-0.05, 0) is 46.7 Å². The average molecular weight is 327 g/mol. The number of rotatable bonds is 3. The molecule has 3 nitrogen and oxygen atoms in total. The zero-order chi connectivity index (χ0) is 14.0. The molecule has 0 radical (unpaired) electrons. The fraction of sp³-hybridized carbons (Fsp3) is 0.667. The van der Waals surface area contributed by atoms with Gasteiger partial charge in [-0.2, -0.15) is 0 Å². The number of aromatic nitrogens is 1. The highest BCUT2D eigenvalue weighted by Crippen LogP contribution is 2.24. The minimum atomic E-state index is 0.178. The molecule has 0 aliphatic carbocycles. The SMILES string of the molecule is CCCn1cc(Br)cc1C(=O)N1CC(C)CC(C)C1. The summed E-state index contributed by atoms with van der Waals surface area (Å²) < 4.78 is 3.05. The quantitative estimate of drug-likeness (QED) is 0.829. The van der Waals surface area contributed by atoms with Gasteiger partial charge >= 0.3 is 0 Å². The summed E-state index contributed by atoms with van der Waals surface area (Å²) in [5.41, 5.74) is 0.815. The van der Waals surface area contributed by atoms with E-state index in [4.69, 9.17) is 0 Å². The molecule has 0 bridgehead atoms. The first-order chi connectivity index (χ1) is 9.01. The van der Waals surface area contributed by atoms with E-state index in [1.54, 1.807) is 0 Å². The van der Waals surface area contributed by atoms with Crippen LogP contribution in [-0.2, 0) is 6.54 Å². The van der Waals surface area contributed by atoms with Crippen molar-refractivity contribution < 1.29 is 4.79 Å². The van der Waals surface area contributed by atoms with Crippen molar-refractivity contribution in [3.8, 4) is 0 Å². The van der Waals surface area contributed by atoms with Crippen LogP contribution in [0.5, 0.6) is 0 Å². The van der Waals surface area contributed by atoms with Crippen molar-refractivity contribution in [2.45, 2.75) is 40.2 Å². The first kappa shape index (κ1) is 14.6. The van der Waals surface area contributed by atoms with Crippen LogP contribution >= 0.6 is 15.9 Å². The molecular formula is C15H23BrN2O. The predicted molar refractivity (Wildman–Crippen MR) is 81.3 cm³/mol. The Labute approximate surface area is 124 Å². The largest absolute Gasteiger partial charge is 0.342 e. The topological polar surface area (TPSA) is 25.2 Å². The van der Waals surface area contributed by atoms with Crippen molar-refractivity contribution in [2.24, 2.45) is 11.8 Å². The van der Waals surface area contributed by atoms with Gasteiger partial charge in [0, 0.05) is 30.3 Å². The van der Waals surface area contributed by atoms with Crippen molar-refractivity contribution in [1.82, 2.24) is 9.47 Å². The third-order valence-electron chi connectivity index (χ3n) is 3.70. The Bertz CT molecular complexity index is 445. The summed E-state index contributed by atoms with van der Waals surface area (Å²) in [6, 6.07) is 1.95. The third kappa shape index (κ3) is 3.41. The van der Waals surface area contributed by atoms with Crippen LogP contribution in [0.15, 0.2) is 16.7 Å². The van der Waals surface area contributed by atoms with Crippen molar-refractivity contribution in [1.29, 1.82) is 0 Å². The van der Waals surface area contributed by atoms with Crippen LogP contribution in [0, 0.1) is 11.8 Å². The van der Waals surface area contributed by atoms with Crippen LogP contribution in [-0.4, -0.2) is 28.5 Å². The van der Waals surface area contributed by atoms with Crippen LogP contribution < -0.4 is 0 Å². The number of carbonyl (C=O) groups excluding carboxylic acids is 1. The first-order valence-corrected chi connectivity index (χ1v) is 7.95. The summed E-state index contributed by atoms with van der Waals surface area (Å²) in [6.07, 6.45) is 4.27. The molecule has 1 aliphatic heterocycles. The van der Waals surface area contributed by atoms with Crippen LogP contribution in [0.4, 0.5) is 0 Å². The number of piperidine rings is 1. The lowest BCUT2D eigenvalue weighted by atomic mass is 9.92. The van der Waals surface area contributed by atoms with Crippen LogP contribution in [0.1, 0.15) is 44.1 Å². The molecule has 2 unspecified atom stereocenters. The van der Waals surface area contributed by atoms with Gasteiger partial charge in [-0.3, -0.25) is 4.79 Å². The molecule has 2 atom stereocenters. The molecule has 19 heavy (non-hydrogen) atoms. The maximum Gasteiger partial charge on any atom is 0.270 e.